The van der Waals surface area contributed by atoms with E-state index in [2.05, 4.69) is 27.4 Å². The molecular formula is C28H33FN6O3. The van der Waals surface area contributed by atoms with Gasteiger partial charge in [0.25, 0.3) is 5.91 Å². The molecule has 0 aliphatic carbocycles. The highest BCUT2D eigenvalue weighted by Crippen LogP contribution is 2.32. The maximum Gasteiger partial charge on any atom is 0.257 e. The van der Waals surface area contributed by atoms with Crippen LogP contribution in [0, 0.1) is 12.7 Å². The molecule has 0 spiro atoms. The highest BCUT2D eigenvalue weighted by atomic mass is 19.1. The number of anilines is 2. The van der Waals surface area contributed by atoms with E-state index in [4.69, 9.17) is 14.5 Å². The van der Waals surface area contributed by atoms with Gasteiger partial charge in [-0.3, -0.25) is 4.79 Å². The molecule has 0 bridgehead atoms. The fourth-order valence-electron chi connectivity index (χ4n) is 5.01. The second-order valence-electron chi connectivity index (χ2n) is 9.48. The summed E-state index contributed by atoms with van der Waals surface area (Å²) in [6.45, 7) is 7.48. The van der Waals surface area contributed by atoms with Crippen LogP contribution in [0.2, 0.25) is 0 Å². The summed E-state index contributed by atoms with van der Waals surface area (Å²) in [4.78, 5) is 24.7. The zero-order chi connectivity index (χ0) is 26.6. The van der Waals surface area contributed by atoms with E-state index in [1.807, 2.05) is 18.2 Å². The van der Waals surface area contributed by atoms with Crippen LogP contribution in [0.3, 0.4) is 0 Å². The second-order valence-corrected chi connectivity index (χ2v) is 9.48. The monoisotopic (exact) mass is 520 g/mol. The molecule has 200 valence electrons. The highest BCUT2D eigenvalue weighted by molar-refractivity contribution is 6.14. The number of aryl methyl sites for hydroxylation is 1. The predicted molar refractivity (Wildman–Crippen MR) is 146 cm³/mol. The lowest BCUT2D eigenvalue weighted by Gasteiger charge is -2.34. The molecular weight excluding hydrogens is 487 g/mol. The van der Waals surface area contributed by atoms with E-state index < -0.39 is 5.82 Å². The third-order valence-corrected chi connectivity index (χ3v) is 6.80. The van der Waals surface area contributed by atoms with Gasteiger partial charge >= 0.3 is 0 Å². The van der Waals surface area contributed by atoms with Gasteiger partial charge in [0.1, 0.15) is 6.61 Å². The summed E-state index contributed by atoms with van der Waals surface area (Å²) in [6, 6.07) is 9.32. The van der Waals surface area contributed by atoms with E-state index >= 15 is 0 Å². The molecule has 9 nitrogen and oxygen atoms in total. The molecule has 1 aliphatic heterocycles. The molecule has 4 aromatic rings. The lowest BCUT2D eigenvalue weighted by atomic mass is 10.0. The molecule has 1 saturated heterocycles. The predicted octanol–water partition coefficient (Wildman–Crippen LogP) is 4.19. The smallest absolute Gasteiger partial charge is 0.257 e. The molecule has 10 heteroatoms. The SMILES string of the molecule is CCNC1CCN(c2ccc(C(=O)Nc3cc(F)c4nc(C)cn4c3)c3nc(OCCOC)ccc23)CC1. The number of hydrogen-bond acceptors (Lipinski definition) is 7. The number of piperidine rings is 1. The minimum atomic E-state index is -0.510. The standard InChI is InChI=1S/C28H33FN6O3/c1-4-30-19-9-11-34(12-10-19)24-7-5-22(26-21(24)6-8-25(33-26)38-14-13-37-3)28(36)32-20-15-23(29)27-31-18(2)16-35(27)17-20/h5-8,15-17,19,30H,4,9-14H2,1-3H3,(H,32,36). The summed E-state index contributed by atoms with van der Waals surface area (Å²) in [5.74, 6) is -0.485. The van der Waals surface area contributed by atoms with Gasteiger partial charge in [-0.25, -0.2) is 14.4 Å². The molecule has 0 atom stereocenters. The maximum absolute atomic E-state index is 14.6. The van der Waals surface area contributed by atoms with Crippen LogP contribution in [0.5, 0.6) is 5.88 Å². The van der Waals surface area contributed by atoms with Gasteiger partial charge in [-0.2, -0.15) is 0 Å². The fraction of sp³-hybridized carbons (Fsp3) is 0.393. The van der Waals surface area contributed by atoms with Crippen LogP contribution in [0.15, 0.2) is 42.7 Å². The first kappa shape index (κ1) is 25.9. The van der Waals surface area contributed by atoms with E-state index in [1.165, 1.54) is 6.07 Å². The van der Waals surface area contributed by atoms with Crippen molar-refractivity contribution < 1.29 is 18.7 Å². The Labute approximate surface area is 221 Å². The molecule has 1 aromatic carbocycles. The van der Waals surface area contributed by atoms with Crippen LogP contribution in [0.1, 0.15) is 35.8 Å². The van der Waals surface area contributed by atoms with Gasteiger partial charge in [0.05, 0.1) is 29.1 Å². The lowest BCUT2D eigenvalue weighted by molar-refractivity contribution is 0.102. The maximum atomic E-state index is 14.6. The van der Waals surface area contributed by atoms with Gasteiger partial charge in [0.2, 0.25) is 5.88 Å². The van der Waals surface area contributed by atoms with Crippen molar-refractivity contribution in [1.29, 1.82) is 0 Å². The number of nitrogens with one attached hydrogen (secondary N) is 2. The Morgan fingerprint density at radius 2 is 1.95 bits per heavy atom. The van der Waals surface area contributed by atoms with E-state index in [9.17, 15) is 9.18 Å². The van der Waals surface area contributed by atoms with Crippen molar-refractivity contribution in [3.63, 3.8) is 0 Å². The number of halogens is 1. The van der Waals surface area contributed by atoms with Crippen molar-refractivity contribution in [2.24, 2.45) is 0 Å². The quantitative estimate of drug-likeness (QED) is 0.320. The number of ether oxygens (including phenoxy) is 2. The van der Waals surface area contributed by atoms with Crippen LogP contribution in [-0.4, -0.2) is 66.3 Å². The summed E-state index contributed by atoms with van der Waals surface area (Å²) >= 11 is 0. The number of fused-ring (bicyclic) bond motifs is 2. The van der Waals surface area contributed by atoms with Crippen LogP contribution in [0.25, 0.3) is 16.6 Å². The molecule has 3 aromatic heterocycles. The number of imidazole rings is 1. The Hall–Kier alpha value is -3.76. The number of hydrogen-bond donors (Lipinski definition) is 2. The first-order chi connectivity index (χ1) is 18.5. The van der Waals surface area contributed by atoms with E-state index in [0.717, 1.165) is 43.5 Å². The summed E-state index contributed by atoms with van der Waals surface area (Å²) in [7, 11) is 1.61. The molecule has 0 saturated carbocycles. The number of aromatic nitrogens is 3. The first-order valence-electron chi connectivity index (χ1n) is 13.0. The molecule has 0 radical (unpaired) electrons. The molecule has 2 N–H and O–H groups in total. The molecule has 38 heavy (non-hydrogen) atoms. The molecule has 1 amide bonds. The Bertz CT molecular complexity index is 1450. The van der Waals surface area contributed by atoms with Gasteiger partial charge in [0, 0.05) is 61.8 Å². The van der Waals surface area contributed by atoms with Crippen LogP contribution in [0.4, 0.5) is 15.8 Å². The van der Waals surface area contributed by atoms with Crippen molar-refractivity contribution in [3.05, 3.63) is 59.8 Å². The summed E-state index contributed by atoms with van der Waals surface area (Å²) in [5, 5.41) is 7.24. The van der Waals surface area contributed by atoms with Gasteiger partial charge in [0.15, 0.2) is 11.5 Å². The van der Waals surface area contributed by atoms with Crippen molar-refractivity contribution in [3.8, 4) is 5.88 Å². The van der Waals surface area contributed by atoms with Crippen molar-refractivity contribution in [2.75, 3.05) is 50.2 Å². The Kier molecular flexibility index (Phi) is 7.71. The molecule has 1 fully saturated rings. The highest BCUT2D eigenvalue weighted by Gasteiger charge is 2.23. The zero-order valence-corrected chi connectivity index (χ0v) is 22.0. The largest absolute Gasteiger partial charge is 0.475 e. The number of rotatable bonds is 9. The minimum absolute atomic E-state index is 0.215. The van der Waals surface area contributed by atoms with E-state index in [0.29, 0.717) is 47.6 Å². The normalized spacial score (nSPS) is 14.4. The van der Waals surface area contributed by atoms with Crippen molar-refractivity contribution in [2.45, 2.75) is 32.7 Å². The molecule has 1 aliphatic rings. The number of pyridine rings is 2. The van der Waals surface area contributed by atoms with E-state index in [1.54, 1.807) is 36.9 Å². The Morgan fingerprint density at radius 3 is 2.71 bits per heavy atom. The number of carbonyl (C=O) groups is 1. The number of benzene rings is 1. The Morgan fingerprint density at radius 1 is 1.13 bits per heavy atom. The van der Waals surface area contributed by atoms with Gasteiger partial charge in [-0.15, -0.1) is 0 Å². The topological polar surface area (TPSA) is 93.0 Å². The van der Waals surface area contributed by atoms with Crippen molar-refractivity contribution in [1.82, 2.24) is 19.7 Å². The first-order valence-corrected chi connectivity index (χ1v) is 13.0. The van der Waals surface area contributed by atoms with Crippen LogP contribution in [-0.2, 0) is 4.74 Å². The number of methoxy groups -OCH3 is 1. The Balaban J connectivity index is 1.48. The zero-order valence-electron chi connectivity index (χ0n) is 22.0. The minimum Gasteiger partial charge on any atom is -0.475 e. The molecule has 5 rings (SSSR count). The lowest BCUT2D eigenvalue weighted by Crippen LogP contribution is -2.42. The van der Waals surface area contributed by atoms with Crippen LogP contribution < -0.4 is 20.3 Å². The number of nitrogens with zero attached hydrogens (tertiary/aromatic N) is 4. The third-order valence-electron chi connectivity index (χ3n) is 6.80. The van der Waals surface area contributed by atoms with Crippen molar-refractivity contribution >= 4 is 33.8 Å². The second kappa shape index (κ2) is 11.3. The average molecular weight is 521 g/mol. The molecule has 0 unspecified atom stereocenters. The number of carbonyl (C=O) groups excluding carboxylic acids is 1. The van der Waals surface area contributed by atoms with Gasteiger partial charge in [-0.1, -0.05) is 6.92 Å². The van der Waals surface area contributed by atoms with Gasteiger partial charge in [-0.05, 0) is 44.5 Å². The number of amides is 1. The summed E-state index contributed by atoms with van der Waals surface area (Å²) in [5.41, 5.74) is 3.17. The van der Waals surface area contributed by atoms with Crippen LogP contribution >= 0.6 is 0 Å². The molecule has 4 heterocycles. The average Bonchev–Trinajstić information content (AvgIpc) is 3.29. The fourth-order valence-corrected chi connectivity index (χ4v) is 5.01. The summed E-state index contributed by atoms with van der Waals surface area (Å²) < 4.78 is 27.0. The summed E-state index contributed by atoms with van der Waals surface area (Å²) in [6.07, 6.45) is 5.45. The van der Waals surface area contributed by atoms with Gasteiger partial charge < -0.3 is 29.4 Å². The third kappa shape index (κ3) is 5.41. The van der Waals surface area contributed by atoms with E-state index in [-0.39, 0.29) is 11.6 Å².